The Hall–Kier alpha value is -4.51. The van der Waals surface area contributed by atoms with Crippen molar-refractivity contribution in [2.75, 3.05) is 7.11 Å². The minimum atomic E-state index is -0.203. The molecule has 0 fully saturated rings. The number of phenolic OH excluding ortho intramolecular Hbond substituents is 1. The summed E-state index contributed by atoms with van der Waals surface area (Å²) in [5, 5.41) is 9.75. The van der Waals surface area contributed by atoms with Crippen molar-refractivity contribution in [2.24, 2.45) is 0 Å². The molecule has 0 radical (unpaired) electrons. The first kappa shape index (κ1) is 24.1. The van der Waals surface area contributed by atoms with E-state index in [1.54, 1.807) is 84.9 Å². The van der Waals surface area contributed by atoms with Gasteiger partial charge < -0.3 is 9.84 Å². The molecule has 0 aromatic heterocycles. The van der Waals surface area contributed by atoms with Crippen LogP contribution < -0.4 is 4.74 Å². The third-order valence-corrected chi connectivity index (χ3v) is 5.00. The number of carbonyl (C=O) groups is 3. The second kappa shape index (κ2) is 11.9. The largest absolute Gasteiger partial charge is 0.507 e. The second-order valence-corrected chi connectivity index (χ2v) is 7.33. The summed E-state index contributed by atoms with van der Waals surface area (Å²) in [5.41, 5.74) is 1.98. The van der Waals surface area contributed by atoms with Crippen LogP contribution in [0.2, 0.25) is 0 Å². The Bertz CT molecular complexity index is 1200. The first-order chi connectivity index (χ1) is 16.5. The lowest BCUT2D eigenvalue weighted by Gasteiger charge is -2.06. The van der Waals surface area contributed by atoms with Crippen molar-refractivity contribution in [1.29, 1.82) is 0 Å². The van der Waals surface area contributed by atoms with Gasteiger partial charge in [0, 0.05) is 22.8 Å². The average molecular weight is 453 g/mol. The quantitative estimate of drug-likeness (QED) is 0.284. The molecule has 0 unspecified atom stereocenters. The molecule has 0 saturated carbocycles. The number of hydrogen-bond donors (Lipinski definition) is 1. The van der Waals surface area contributed by atoms with Crippen molar-refractivity contribution in [3.8, 4) is 11.5 Å². The van der Waals surface area contributed by atoms with Gasteiger partial charge in [0.2, 0.25) is 0 Å². The van der Waals surface area contributed by atoms with E-state index >= 15 is 0 Å². The molecule has 0 bridgehead atoms. The lowest BCUT2D eigenvalue weighted by atomic mass is 10.0. The lowest BCUT2D eigenvalue weighted by molar-refractivity contribution is 0.0893. The van der Waals surface area contributed by atoms with Crippen LogP contribution in [0.3, 0.4) is 0 Å². The summed E-state index contributed by atoms with van der Waals surface area (Å²) in [4.78, 5) is 35.7. The normalized spacial score (nSPS) is 9.91. The van der Waals surface area contributed by atoms with E-state index in [9.17, 15) is 19.5 Å². The van der Waals surface area contributed by atoms with Gasteiger partial charge >= 0.3 is 0 Å². The molecule has 0 amide bonds. The van der Waals surface area contributed by atoms with Gasteiger partial charge in [-0.05, 0) is 12.1 Å². The number of methoxy groups -OCH3 is 1. The fourth-order valence-corrected chi connectivity index (χ4v) is 3.17. The molecule has 4 aromatic rings. The zero-order valence-electron chi connectivity index (χ0n) is 18.7. The zero-order valence-corrected chi connectivity index (χ0v) is 18.7. The SMILES string of the molecule is COc1ccc(C(=O)c2ccccc2)c(O)c1.O=C(CC(=O)c1ccccc1)c1ccccc1. The van der Waals surface area contributed by atoms with Crippen LogP contribution in [0, 0.1) is 0 Å². The molecule has 5 heteroatoms. The predicted molar refractivity (Wildman–Crippen MR) is 131 cm³/mol. The maximum Gasteiger partial charge on any atom is 0.196 e. The van der Waals surface area contributed by atoms with Gasteiger partial charge in [-0.25, -0.2) is 0 Å². The lowest BCUT2D eigenvalue weighted by Crippen LogP contribution is -2.08. The molecular formula is C29H24O5. The molecule has 4 rings (SSSR count). The van der Waals surface area contributed by atoms with Crippen LogP contribution in [-0.4, -0.2) is 29.6 Å². The zero-order chi connectivity index (χ0) is 24.3. The Morgan fingerprint density at radius 1 is 0.647 bits per heavy atom. The van der Waals surface area contributed by atoms with Crippen molar-refractivity contribution < 1.29 is 24.2 Å². The number of Topliss-reactive ketones (excluding diaryl/α,β-unsaturated/α-hetero) is 2. The number of aromatic hydroxyl groups is 1. The molecule has 170 valence electrons. The van der Waals surface area contributed by atoms with Crippen LogP contribution in [0.1, 0.15) is 43.1 Å². The van der Waals surface area contributed by atoms with Crippen molar-refractivity contribution in [3.05, 3.63) is 131 Å². The third-order valence-electron chi connectivity index (χ3n) is 5.00. The summed E-state index contributed by atoms with van der Waals surface area (Å²) in [7, 11) is 1.51. The summed E-state index contributed by atoms with van der Waals surface area (Å²) in [5.74, 6) is -0.0324. The number of phenols is 1. The molecule has 0 atom stereocenters. The Morgan fingerprint density at radius 3 is 1.50 bits per heavy atom. The summed E-state index contributed by atoms with van der Waals surface area (Å²) in [6, 6.07) is 31.2. The Labute approximate surface area is 198 Å². The van der Waals surface area contributed by atoms with Crippen LogP contribution in [0.15, 0.2) is 109 Å². The molecular weight excluding hydrogens is 428 g/mol. The second-order valence-electron chi connectivity index (χ2n) is 7.33. The number of benzene rings is 4. The number of hydrogen-bond acceptors (Lipinski definition) is 5. The summed E-state index contributed by atoms with van der Waals surface area (Å²) >= 11 is 0. The van der Waals surface area contributed by atoms with E-state index in [1.165, 1.54) is 13.2 Å². The molecule has 0 saturated heterocycles. The molecule has 0 spiro atoms. The van der Waals surface area contributed by atoms with Crippen molar-refractivity contribution in [3.63, 3.8) is 0 Å². The summed E-state index contributed by atoms with van der Waals surface area (Å²) < 4.78 is 4.96. The highest BCUT2D eigenvalue weighted by atomic mass is 16.5. The Morgan fingerprint density at radius 2 is 1.09 bits per heavy atom. The van der Waals surface area contributed by atoms with E-state index in [2.05, 4.69) is 0 Å². The summed E-state index contributed by atoms with van der Waals surface area (Å²) in [6.45, 7) is 0. The van der Waals surface area contributed by atoms with E-state index in [4.69, 9.17) is 4.74 Å². The van der Waals surface area contributed by atoms with Crippen molar-refractivity contribution in [1.82, 2.24) is 0 Å². The van der Waals surface area contributed by atoms with Gasteiger partial charge in [0.15, 0.2) is 17.3 Å². The van der Waals surface area contributed by atoms with E-state index in [0.29, 0.717) is 22.4 Å². The molecule has 34 heavy (non-hydrogen) atoms. The van der Waals surface area contributed by atoms with Gasteiger partial charge in [0.05, 0.1) is 19.1 Å². The molecule has 1 N–H and O–H groups in total. The van der Waals surface area contributed by atoms with Crippen LogP contribution >= 0.6 is 0 Å². The van der Waals surface area contributed by atoms with Crippen LogP contribution in [0.5, 0.6) is 11.5 Å². The van der Waals surface area contributed by atoms with Gasteiger partial charge in [-0.2, -0.15) is 0 Å². The van der Waals surface area contributed by atoms with Crippen LogP contribution in [0.25, 0.3) is 0 Å². The third kappa shape index (κ3) is 6.50. The molecule has 0 heterocycles. The number of carbonyl (C=O) groups excluding carboxylic acids is 3. The van der Waals surface area contributed by atoms with Crippen molar-refractivity contribution >= 4 is 17.3 Å². The molecule has 0 aliphatic carbocycles. The number of ketones is 3. The molecule has 0 aliphatic rings. The maximum absolute atomic E-state index is 12.1. The molecule has 4 aromatic carbocycles. The van der Waals surface area contributed by atoms with Crippen molar-refractivity contribution in [2.45, 2.75) is 6.42 Å². The number of ether oxygens (including phenoxy) is 1. The monoisotopic (exact) mass is 452 g/mol. The van der Waals surface area contributed by atoms with E-state index in [1.807, 2.05) is 18.2 Å². The smallest absolute Gasteiger partial charge is 0.196 e. The first-order valence-electron chi connectivity index (χ1n) is 10.6. The molecule has 0 aliphatic heterocycles. The first-order valence-corrected chi connectivity index (χ1v) is 10.6. The van der Waals surface area contributed by atoms with Gasteiger partial charge in [-0.15, -0.1) is 0 Å². The highest BCUT2D eigenvalue weighted by Crippen LogP contribution is 2.25. The fourth-order valence-electron chi connectivity index (χ4n) is 3.17. The highest BCUT2D eigenvalue weighted by molar-refractivity contribution is 6.13. The standard InChI is InChI=1S/C15H12O2.C14H12O3/c16-14(12-7-3-1-4-8-12)11-15(17)13-9-5-2-6-10-13;1-17-11-7-8-12(13(15)9-11)14(16)10-5-3-2-4-6-10/h1-10H,11H2;2-9,15H,1H3. The van der Waals surface area contributed by atoms with E-state index < -0.39 is 0 Å². The maximum atomic E-state index is 12.1. The molecule has 5 nitrogen and oxygen atoms in total. The highest BCUT2D eigenvalue weighted by Gasteiger charge is 2.14. The topological polar surface area (TPSA) is 80.7 Å². The van der Waals surface area contributed by atoms with E-state index in [0.717, 1.165) is 0 Å². The number of rotatable bonds is 7. The Balaban J connectivity index is 0.000000191. The average Bonchev–Trinajstić information content (AvgIpc) is 2.90. The van der Waals surface area contributed by atoms with E-state index in [-0.39, 0.29) is 35.1 Å². The minimum absolute atomic E-state index is 0.0711. The van der Waals surface area contributed by atoms with Gasteiger partial charge in [0.1, 0.15) is 11.5 Å². The predicted octanol–water partition coefficient (Wildman–Crippen LogP) is 5.77. The summed E-state index contributed by atoms with van der Waals surface area (Å²) in [6.07, 6.45) is -0.0754. The van der Waals surface area contributed by atoms with Crippen LogP contribution in [0.4, 0.5) is 0 Å². The van der Waals surface area contributed by atoms with Crippen LogP contribution in [-0.2, 0) is 0 Å². The fraction of sp³-hybridized carbons (Fsp3) is 0.0690. The van der Waals surface area contributed by atoms with Gasteiger partial charge in [-0.3, -0.25) is 14.4 Å². The van der Waals surface area contributed by atoms with Gasteiger partial charge in [-0.1, -0.05) is 91.0 Å². The minimum Gasteiger partial charge on any atom is -0.507 e. The van der Waals surface area contributed by atoms with Gasteiger partial charge in [0.25, 0.3) is 0 Å². The Kier molecular flexibility index (Phi) is 8.47.